The van der Waals surface area contributed by atoms with E-state index in [-0.39, 0.29) is 16.1 Å². The Kier molecular flexibility index (Phi) is 4.97. The summed E-state index contributed by atoms with van der Waals surface area (Å²) in [5.41, 5.74) is 0.494. The number of rotatable bonds is 4. The summed E-state index contributed by atoms with van der Waals surface area (Å²) in [5.74, 6) is 0.0395. The second-order valence-corrected chi connectivity index (χ2v) is 7.84. The molecule has 0 radical (unpaired) electrons. The van der Waals surface area contributed by atoms with Crippen molar-refractivity contribution in [3.63, 3.8) is 0 Å². The molecule has 9 heteroatoms. The average molecular weight is 395 g/mol. The Morgan fingerprint density at radius 1 is 1.31 bits per heavy atom. The molecule has 1 aromatic carbocycles. The minimum atomic E-state index is -0.535. The van der Waals surface area contributed by atoms with Crippen molar-refractivity contribution in [2.75, 3.05) is 10.6 Å². The second kappa shape index (κ2) is 7.05. The van der Waals surface area contributed by atoms with Gasteiger partial charge in [-0.1, -0.05) is 37.5 Å². The van der Waals surface area contributed by atoms with Crippen LogP contribution in [0.2, 0.25) is 5.02 Å². The smallest absolute Gasteiger partial charge is 0.276 e. The van der Waals surface area contributed by atoms with Gasteiger partial charge in [-0.15, -0.1) is 11.3 Å². The molecule has 2 N–H and O–H groups in total. The highest BCUT2D eigenvalue weighted by molar-refractivity contribution is 7.14. The fourth-order valence-electron chi connectivity index (χ4n) is 2.00. The Hall–Kier alpha value is -2.45. The molecule has 0 saturated carbocycles. The third-order valence-corrected chi connectivity index (χ3v) is 4.46. The van der Waals surface area contributed by atoms with Crippen LogP contribution in [0.25, 0.3) is 0 Å². The molecule has 0 aliphatic rings. The molecule has 3 aromatic rings. The maximum atomic E-state index is 13.5. The van der Waals surface area contributed by atoms with E-state index in [1.165, 1.54) is 23.5 Å². The lowest BCUT2D eigenvalue weighted by molar-refractivity contribution is 0.102. The van der Waals surface area contributed by atoms with Gasteiger partial charge in [0.15, 0.2) is 10.9 Å². The van der Waals surface area contributed by atoms with Gasteiger partial charge < -0.3 is 15.2 Å². The molecule has 0 fully saturated rings. The summed E-state index contributed by atoms with van der Waals surface area (Å²) in [6.45, 7) is 5.95. The number of thiazole rings is 1. The van der Waals surface area contributed by atoms with Crippen LogP contribution in [-0.2, 0) is 5.41 Å². The summed E-state index contributed by atoms with van der Waals surface area (Å²) in [6.07, 6.45) is 0. The predicted octanol–water partition coefficient (Wildman–Crippen LogP) is 5.22. The number of carbonyl (C=O) groups is 1. The first kappa shape index (κ1) is 18.3. The third-order valence-electron chi connectivity index (χ3n) is 3.40. The van der Waals surface area contributed by atoms with Crippen LogP contribution in [-0.4, -0.2) is 16.0 Å². The first-order chi connectivity index (χ1) is 12.2. The fourth-order valence-corrected chi connectivity index (χ4v) is 2.83. The van der Waals surface area contributed by atoms with E-state index in [0.29, 0.717) is 22.4 Å². The van der Waals surface area contributed by atoms with Gasteiger partial charge in [0.05, 0.1) is 5.02 Å². The first-order valence-corrected chi connectivity index (χ1v) is 8.94. The van der Waals surface area contributed by atoms with Crippen molar-refractivity contribution in [3.8, 4) is 0 Å². The van der Waals surface area contributed by atoms with E-state index in [0.717, 1.165) is 0 Å². The van der Waals surface area contributed by atoms with Crippen molar-refractivity contribution < 1.29 is 13.7 Å². The van der Waals surface area contributed by atoms with E-state index >= 15 is 0 Å². The van der Waals surface area contributed by atoms with E-state index < -0.39 is 11.7 Å². The van der Waals surface area contributed by atoms with Crippen LogP contribution in [0.4, 0.5) is 21.0 Å². The van der Waals surface area contributed by atoms with Crippen molar-refractivity contribution in [2.45, 2.75) is 26.2 Å². The monoisotopic (exact) mass is 394 g/mol. The molecular weight excluding hydrogens is 379 g/mol. The van der Waals surface area contributed by atoms with Crippen LogP contribution in [0.3, 0.4) is 0 Å². The van der Waals surface area contributed by atoms with E-state index in [2.05, 4.69) is 20.8 Å². The number of amides is 1. The maximum Gasteiger partial charge on any atom is 0.276 e. The zero-order valence-electron chi connectivity index (χ0n) is 14.3. The molecule has 0 aliphatic carbocycles. The summed E-state index contributed by atoms with van der Waals surface area (Å²) in [7, 11) is 0. The van der Waals surface area contributed by atoms with Gasteiger partial charge >= 0.3 is 0 Å². The summed E-state index contributed by atoms with van der Waals surface area (Å²) >= 11 is 6.87. The summed E-state index contributed by atoms with van der Waals surface area (Å²) in [6, 6.07) is 6.00. The maximum absolute atomic E-state index is 13.5. The van der Waals surface area contributed by atoms with Crippen molar-refractivity contribution in [2.24, 2.45) is 0 Å². The minimum Gasteiger partial charge on any atom is -0.359 e. The zero-order valence-corrected chi connectivity index (χ0v) is 15.8. The van der Waals surface area contributed by atoms with E-state index in [9.17, 15) is 9.18 Å². The van der Waals surface area contributed by atoms with Gasteiger partial charge in [-0.2, -0.15) is 0 Å². The molecule has 0 unspecified atom stereocenters. The molecule has 0 spiro atoms. The average Bonchev–Trinajstić information content (AvgIpc) is 3.20. The van der Waals surface area contributed by atoms with Crippen LogP contribution in [0, 0.1) is 5.82 Å². The Balaban J connectivity index is 1.68. The molecule has 2 aromatic heterocycles. The lowest BCUT2D eigenvalue weighted by Crippen LogP contribution is -2.13. The largest absolute Gasteiger partial charge is 0.359 e. The van der Waals surface area contributed by atoms with Gasteiger partial charge in [-0.25, -0.2) is 9.37 Å². The molecule has 2 heterocycles. The normalized spacial score (nSPS) is 11.4. The lowest BCUT2D eigenvalue weighted by Gasteiger charge is -2.11. The SMILES string of the molecule is CC(C)(C)c1cc(NC(=O)c2csc(Nc3ccc(Cl)c(F)c3)n2)no1. The third kappa shape index (κ3) is 4.20. The number of halogens is 2. The molecule has 0 atom stereocenters. The molecule has 26 heavy (non-hydrogen) atoms. The summed E-state index contributed by atoms with van der Waals surface area (Å²) in [5, 5.41) is 11.5. The molecule has 0 bridgehead atoms. The number of benzene rings is 1. The number of carbonyl (C=O) groups excluding carboxylic acids is 1. The van der Waals surface area contributed by atoms with Gasteiger partial charge in [0.2, 0.25) is 0 Å². The molecule has 136 valence electrons. The molecule has 3 rings (SSSR count). The number of nitrogens with one attached hydrogen (secondary N) is 2. The topological polar surface area (TPSA) is 80.0 Å². The second-order valence-electron chi connectivity index (χ2n) is 6.57. The fraction of sp³-hybridized carbons (Fsp3) is 0.235. The molecule has 0 aliphatic heterocycles. The van der Waals surface area contributed by atoms with Crippen LogP contribution >= 0.6 is 22.9 Å². The number of aromatic nitrogens is 2. The van der Waals surface area contributed by atoms with E-state index in [1.807, 2.05) is 20.8 Å². The quantitative estimate of drug-likeness (QED) is 0.634. The van der Waals surface area contributed by atoms with Crippen molar-refractivity contribution in [1.29, 1.82) is 0 Å². The molecule has 1 amide bonds. The van der Waals surface area contributed by atoms with Crippen molar-refractivity contribution in [3.05, 3.63) is 51.9 Å². The van der Waals surface area contributed by atoms with Gasteiger partial charge in [0.1, 0.15) is 17.3 Å². The van der Waals surface area contributed by atoms with Gasteiger partial charge in [-0.05, 0) is 18.2 Å². The Bertz CT molecular complexity index is 948. The van der Waals surface area contributed by atoms with Crippen LogP contribution in [0.1, 0.15) is 37.0 Å². The summed E-state index contributed by atoms with van der Waals surface area (Å²) in [4.78, 5) is 16.5. The van der Waals surface area contributed by atoms with Gasteiger partial charge in [0, 0.05) is 22.5 Å². The highest BCUT2D eigenvalue weighted by atomic mass is 35.5. The standard InChI is InChI=1S/C17H16ClFN4O2S/c1-17(2,3)13-7-14(23-25-13)22-15(24)12-8-26-16(21-12)20-9-4-5-10(18)11(19)6-9/h4-8H,1-3H3,(H,20,21)(H,22,23,24). The zero-order chi connectivity index (χ0) is 18.9. The highest BCUT2D eigenvalue weighted by Crippen LogP contribution is 2.26. The van der Waals surface area contributed by atoms with E-state index in [1.54, 1.807) is 17.5 Å². The van der Waals surface area contributed by atoms with Crippen LogP contribution in [0.5, 0.6) is 0 Å². The molecule has 0 saturated heterocycles. The summed E-state index contributed by atoms with van der Waals surface area (Å²) < 4.78 is 18.7. The number of nitrogens with zero attached hydrogens (tertiary/aromatic N) is 2. The Labute approximate surface area is 158 Å². The number of hydrogen-bond acceptors (Lipinski definition) is 6. The van der Waals surface area contributed by atoms with Crippen LogP contribution < -0.4 is 10.6 Å². The van der Waals surface area contributed by atoms with Gasteiger partial charge in [-0.3, -0.25) is 4.79 Å². The lowest BCUT2D eigenvalue weighted by atomic mass is 9.93. The Morgan fingerprint density at radius 3 is 2.73 bits per heavy atom. The number of hydrogen-bond donors (Lipinski definition) is 2. The molecular formula is C17H16ClFN4O2S. The van der Waals surface area contributed by atoms with Gasteiger partial charge in [0.25, 0.3) is 5.91 Å². The Morgan fingerprint density at radius 2 is 2.08 bits per heavy atom. The predicted molar refractivity (Wildman–Crippen MR) is 100.0 cm³/mol. The number of anilines is 3. The minimum absolute atomic E-state index is 0.0389. The molecule has 6 nitrogen and oxygen atoms in total. The first-order valence-electron chi connectivity index (χ1n) is 7.68. The van der Waals surface area contributed by atoms with Crippen molar-refractivity contribution in [1.82, 2.24) is 10.1 Å². The van der Waals surface area contributed by atoms with E-state index in [4.69, 9.17) is 16.1 Å². The van der Waals surface area contributed by atoms with Crippen molar-refractivity contribution >= 4 is 45.5 Å². The van der Waals surface area contributed by atoms with Crippen LogP contribution in [0.15, 0.2) is 34.2 Å². The highest BCUT2D eigenvalue weighted by Gasteiger charge is 2.21.